The monoisotopic (exact) mass is 343 g/mol. The number of aryl methyl sites for hydroxylation is 2. The molecule has 4 rings (SSSR count). The van der Waals surface area contributed by atoms with Crippen molar-refractivity contribution >= 4 is 10.9 Å². The third-order valence-corrected chi connectivity index (χ3v) is 4.14. The summed E-state index contributed by atoms with van der Waals surface area (Å²) in [7, 11) is 0. The topological polar surface area (TPSA) is 53.4 Å². The molecule has 0 unspecified atom stereocenters. The van der Waals surface area contributed by atoms with E-state index in [1.54, 1.807) is 12.1 Å². The molecule has 0 aliphatic carbocycles. The number of pyridine rings is 1. The van der Waals surface area contributed by atoms with Gasteiger partial charge < -0.3 is 10.2 Å². The predicted octanol–water partition coefficient (Wildman–Crippen LogP) is 5.62. The Bertz CT molecular complexity index is 1030. The van der Waals surface area contributed by atoms with Crippen LogP contribution in [0.1, 0.15) is 11.3 Å². The zero-order valence-corrected chi connectivity index (χ0v) is 14.8. The van der Waals surface area contributed by atoms with Crippen molar-refractivity contribution in [1.29, 1.82) is 0 Å². The van der Waals surface area contributed by atoms with E-state index in [9.17, 15) is 10.2 Å². The van der Waals surface area contributed by atoms with Crippen LogP contribution < -0.4 is 0 Å². The maximum Gasteiger partial charge on any atom is 0.141 e. The van der Waals surface area contributed by atoms with Crippen LogP contribution >= 0.6 is 0 Å². The molecule has 0 fully saturated rings. The second-order valence-corrected chi connectivity index (χ2v) is 6.14. The minimum Gasteiger partial charge on any atom is -0.507 e. The number of nitrogens with zero attached hydrogens (tertiary/aromatic N) is 1. The summed E-state index contributed by atoms with van der Waals surface area (Å²) in [6.45, 7) is 3.95. The minimum absolute atomic E-state index is 0.254. The summed E-state index contributed by atoms with van der Waals surface area (Å²) in [5.74, 6) is 0.581. The first-order valence-corrected chi connectivity index (χ1v) is 8.45. The Morgan fingerprint density at radius 1 is 0.692 bits per heavy atom. The molecule has 0 saturated carbocycles. The van der Waals surface area contributed by atoms with Gasteiger partial charge in [-0.3, -0.25) is 0 Å². The largest absolute Gasteiger partial charge is 0.507 e. The molecule has 0 aliphatic rings. The predicted molar refractivity (Wildman–Crippen MR) is 106 cm³/mol. The van der Waals surface area contributed by atoms with E-state index < -0.39 is 0 Å². The van der Waals surface area contributed by atoms with Gasteiger partial charge in [-0.2, -0.15) is 0 Å². The van der Waals surface area contributed by atoms with Gasteiger partial charge in [-0.25, -0.2) is 4.98 Å². The van der Waals surface area contributed by atoms with E-state index in [1.165, 1.54) is 0 Å². The third kappa shape index (κ3) is 3.83. The highest BCUT2D eigenvalue weighted by Gasteiger charge is 2.03. The Morgan fingerprint density at radius 2 is 1.35 bits per heavy atom. The van der Waals surface area contributed by atoms with Crippen LogP contribution in [0.25, 0.3) is 22.0 Å². The van der Waals surface area contributed by atoms with E-state index in [2.05, 4.69) is 4.98 Å². The lowest BCUT2D eigenvalue weighted by molar-refractivity contribution is 0.477. The molecular weight excluding hydrogens is 322 g/mol. The number of para-hydroxylation sites is 2. The molecule has 0 saturated heterocycles. The van der Waals surface area contributed by atoms with Crippen molar-refractivity contribution in [2.75, 3.05) is 0 Å². The fourth-order valence-corrected chi connectivity index (χ4v) is 2.90. The van der Waals surface area contributed by atoms with Gasteiger partial charge in [0.05, 0.1) is 0 Å². The summed E-state index contributed by atoms with van der Waals surface area (Å²) < 4.78 is 0. The molecule has 1 aromatic heterocycles. The molecule has 0 atom stereocenters. The first-order valence-electron chi connectivity index (χ1n) is 8.45. The van der Waals surface area contributed by atoms with Crippen LogP contribution in [-0.2, 0) is 0 Å². The molecule has 130 valence electrons. The number of aromatic nitrogens is 1. The lowest BCUT2D eigenvalue weighted by atomic mass is 10.1. The van der Waals surface area contributed by atoms with Gasteiger partial charge in [0.2, 0.25) is 0 Å². The molecular formula is C23H21NO2. The number of aromatic hydroxyl groups is 2. The fourth-order valence-electron chi connectivity index (χ4n) is 2.90. The van der Waals surface area contributed by atoms with Gasteiger partial charge in [0.25, 0.3) is 0 Å². The van der Waals surface area contributed by atoms with Crippen molar-refractivity contribution in [3.63, 3.8) is 0 Å². The molecule has 3 aromatic carbocycles. The fraction of sp³-hybridized carbons (Fsp3) is 0.0870. The zero-order valence-electron chi connectivity index (χ0n) is 14.8. The smallest absolute Gasteiger partial charge is 0.141 e. The highest BCUT2D eigenvalue weighted by molar-refractivity contribution is 5.87. The van der Waals surface area contributed by atoms with Crippen molar-refractivity contribution in [2.24, 2.45) is 0 Å². The Labute approximate surface area is 153 Å². The Morgan fingerprint density at radius 3 is 2.08 bits per heavy atom. The van der Waals surface area contributed by atoms with E-state index in [0.717, 1.165) is 27.8 Å². The van der Waals surface area contributed by atoms with Crippen molar-refractivity contribution in [3.05, 3.63) is 90.1 Å². The van der Waals surface area contributed by atoms with E-state index in [-0.39, 0.29) is 5.75 Å². The summed E-state index contributed by atoms with van der Waals surface area (Å²) in [5.41, 5.74) is 4.70. The molecule has 0 radical (unpaired) electrons. The molecule has 0 bridgehead atoms. The van der Waals surface area contributed by atoms with Crippen molar-refractivity contribution in [2.45, 2.75) is 13.8 Å². The van der Waals surface area contributed by atoms with Crippen LogP contribution in [0.4, 0.5) is 0 Å². The van der Waals surface area contributed by atoms with Gasteiger partial charge >= 0.3 is 0 Å². The highest BCUT2D eigenvalue weighted by Crippen LogP contribution is 2.28. The number of fused-ring (bicyclic) bond motifs is 1. The van der Waals surface area contributed by atoms with Crippen LogP contribution in [0.5, 0.6) is 11.5 Å². The maximum atomic E-state index is 9.56. The molecule has 3 nitrogen and oxygen atoms in total. The summed E-state index contributed by atoms with van der Waals surface area (Å²) in [6, 6.07) is 24.7. The molecule has 2 N–H and O–H groups in total. The van der Waals surface area contributed by atoms with Crippen LogP contribution in [-0.4, -0.2) is 15.2 Å². The molecule has 4 aromatic rings. The van der Waals surface area contributed by atoms with Gasteiger partial charge in [0, 0.05) is 16.6 Å². The Balaban J connectivity index is 0.000000151. The molecule has 3 heteroatoms. The van der Waals surface area contributed by atoms with Crippen molar-refractivity contribution in [1.82, 2.24) is 4.98 Å². The number of hydrogen-bond donors (Lipinski definition) is 2. The second kappa shape index (κ2) is 7.70. The first kappa shape index (κ1) is 17.5. The van der Waals surface area contributed by atoms with E-state index in [1.807, 2.05) is 80.6 Å². The quantitative estimate of drug-likeness (QED) is 0.472. The third-order valence-electron chi connectivity index (χ3n) is 4.14. The second-order valence-electron chi connectivity index (χ2n) is 6.14. The Kier molecular flexibility index (Phi) is 5.18. The van der Waals surface area contributed by atoms with Crippen LogP contribution in [0.2, 0.25) is 0 Å². The van der Waals surface area contributed by atoms with Crippen LogP contribution in [0.15, 0.2) is 78.9 Å². The number of hydrogen-bond acceptors (Lipinski definition) is 3. The normalized spacial score (nSPS) is 10.2. The number of benzene rings is 3. The van der Waals surface area contributed by atoms with E-state index >= 15 is 0 Å². The molecule has 1 heterocycles. The molecule has 0 spiro atoms. The number of phenols is 2. The average Bonchev–Trinajstić information content (AvgIpc) is 2.64. The van der Waals surface area contributed by atoms with E-state index in [4.69, 9.17) is 0 Å². The first-order chi connectivity index (χ1) is 12.6. The lowest BCUT2D eigenvalue weighted by Crippen LogP contribution is -1.87. The van der Waals surface area contributed by atoms with Crippen molar-refractivity contribution in [3.8, 4) is 22.6 Å². The van der Waals surface area contributed by atoms with E-state index in [0.29, 0.717) is 11.3 Å². The molecule has 0 aliphatic heterocycles. The van der Waals surface area contributed by atoms with Gasteiger partial charge in [-0.1, -0.05) is 60.7 Å². The van der Waals surface area contributed by atoms with Crippen LogP contribution in [0.3, 0.4) is 0 Å². The summed E-state index contributed by atoms with van der Waals surface area (Å²) in [4.78, 5) is 4.29. The SMILES string of the molecule is Cc1cc(C)c2cccc(O)c2n1.Oc1ccccc1-c1ccccc1. The molecule has 26 heavy (non-hydrogen) atoms. The average molecular weight is 343 g/mol. The molecule has 0 amide bonds. The van der Waals surface area contributed by atoms with Gasteiger partial charge in [0.1, 0.15) is 17.0 Å². The van der Waals surface area contributed by atoms with Gasteiger partial charge in [-0.05, 0) is 43.2 Å². The minimum atomic E-state index is 0.254. The maximum absolute atomic E-state index is 9.56. The number of phenolic OH excluding ortho intramolecular Hbond substituents is 2. The highest BCUT2D eigenvalue weighted by atomic mass is 16.3. The van der Waals surface area contributed by atoms with Crippen molar-refractivity contribution < 1.29 is 10.2 Å². The van der Waals surface area contributed by atoms with Gasteiger partial charge in [0.15, 0.2) is 0 Å². The Hall–Kier alpha value is -3.33. The standard InChI is InChI=1S/C12H10O.C11H11NO/c13-12-9-5-4-8-11(12)10-6-2-1-3-7-10;1-7-6-8(2)12-11-9(7)4-3-5-10(11)13/h1-9,13H;3-6,13H,1-2H3. The zero-order chi connectivity index (χ0) is 18.5. The van der Waals surface area contributed by atoms with Gasteiger partial charge in [-0.15, -0.1) is 0 Å². The van der Waals surface area contributed by atoms with Crippen LogP contribution in [0, 0.1) is 13.8 Å². The number of rotatable bonds is 1. The lowest BCUT2D eigenvalue weighted by Gasteiger charge is -2.04. The summed E-state index contributed by atoms with van der Waals surface area (Å²) >= 11 is 0. The summed E-state index contributed by atoms with van der Waals surface area (Å²) in [5, 5.41) is 20.1. The summed E-state index contributed by atoms with van der Waals surface area (Å²) in [6.07, 6.45) is 0.